The predicted octanol–water partition coefficient (Wildman–Crippen LogP) is 13.6. The van der Waals surface area contributed by atoms with Crippen molar-refractivity contribution < 1.29 is 0 Å². The quantitative estimate of drug-likeness (QED) is 0.171. The average Bonchev–Trinajstić information content (AvgIpc) is 3.63. The lowest BCUT2D eigenvalue weighted by molar-refractivity contribution is 1.07. The van der Waals surface area contributed by atoms with Crippen molar-refractivity contribution >= 4 is 43.4 Å². The van der Waals surface area contributed by atoms with E-state index in [0.717, 1.165) is 60.9 Å². The maximum atomic E-state index is 5.27. The number of para-hydroxylation sites is 2. The summed E-state index contributed by atoms with van der Waals surface area (Å²) in [6, 6.07) is 72.8. The Labute approximate surface area is 330 Å². The molecule has 266 valence electrons. The molecule has 0 N–H and O–H groups in total. The van der Waals surface area contributed by atoms with Gasteiger partial charge in [-0.2, -0.15) is 0 Å². The summed E-state index contributed by atoms with van der Waals surface area (Å²) >= 11 is 0. The van der Waals surface area contributed by atoms with Crippen LogP contribution in [0.25, 0.3) is 105 Å². The summed E-state index contributed by atoms with van der Waals surface area (Å²) in [5.74, 6) is 1.87. The third-order valence-corrected chi connectivity index (χ3v) is 11.1. The summed E-state index contributed by atoms with van der Waals surface area (Å²) in [5.41, 5.74) is 10.8. The first-order chi connectivity index (χ1) is 28.3. The summed E-state index contributed by atoms with van der Waals surface area (Å²) in [5, 5.41) is 7.11. The molecule has 0 radical (unpaired) electrons. The fraction of sp³-hybridized carbons (Fsp3) is 0. The van der Waals surface area contributed by atoms with Gasteiger partial charge in [0.25, 0.3) is 0 Å². The molecule has 9 aromatic carbocycles. The molecule has 57 heavy (non-hydrogen) atoms. The van der Waals surface area contributed by atoms with Crippen LogP contribution >= 0.6 is 0 Å². The smallest absolute Gasteiger partial charge is 0.164 e. The standard InChI is InChI=1S/C53H34N4/c1-2-14-37(15-3-1)44-33-32-40(34-50(44)57-48-26-10-8-22-45(48)46-23-9-11-27-49(46)57)52-54-51(55-53(56-52)47-25-13-19-36-17-5-7-21-43(36)47)39-30-28-38(29-31-39)42-24-12-18-35-16-4-6-20-41(35)42/h1-34H. The molecule has 2 aromatic heterocycles. The molecular formula is C53H34N4. The molecule has 0 bridgehead atoms. The van der Waals surface area contributed by atoms with Crippen LogP contribution < -0.4 is 0 Å². The van der Waals surface area contributed by atoms with Crippen molar-refractivity contribution in [3.8, 4) is 62.1 Å². The fourth-order valence-electron chi connectivity index (χ4n) is 8.35. The van der Waals surface area contributed by atoms with Crippen LogP contribution in [-0.2, 0) is 0 Å². The van der Waals surface area contributed by atoms with Gasteiger partial charge in [-0.05, 0) is 56.4 Å². The molecular weight excluding hydrogens is 693 g/mol. The highest BCUT2D eigenvalue weighted by atomic mass is 15.0. The zero-order valence-corrected chi connectivity index (χ0v) is 30.9. The van der Waals surface area contributed by atoms with Gasteiger partial charge in [-0.25, -0.2) is 15.0 Å². The second-order valence-corrected chi connectivity index (χ2v) is 14.4. The molecule has 11 aromatic rings. The van der Waals surface area contributed by atoms with Gasteiger partial charge < -0.3 is 4.57 Å². The summed E-state index contributed by atoms with van der Waals surface area (Å²) in [6.45, 7) is 0. The van der Waals surface area contributed by atoms with Crippen molar-refractivity contribution in [1.29, 1.82) is 0 Å². The molecule has 0 saturated carbocycles. The molecule has 0 fully saturated rings. The molecule has 0 spiro atoms. The van der Waals surface area contributed by atoms with E-state index < -0.39 is 0 Å². The molecule has 4 nitrogen and oxygen atoms in total. The third-order valence-electron chi connectivity index (χ3n) is 11.1. The molecule has 0 atom stereocenters. The van der Waals surface area contributed by atoms with Crippen molar-refractivity contribution in [3.63, 3.8) is 0 Å². The maximum absolute atomic E-state index is 5.27. The van der Waals surface area contributed by atoms with E-state index in [1.165, 1.54) is 27.1 Å². The Hall–Kier alpha value is -7.69. The molecule has 0 amide bonds. The fourth-order valence-corrected chi connectivity index (χ4v) is 8.35. The first-order valence-corrected chi connectivity index (χ1v) is 19.3. The minimum atomic E-state index is 0.614. The highest BCUT2D eigenvalue weighted by Crippen LogP contribution is 2.39. The normalized spacial score (nSPS) is 11.5. The van der Waals surface area contributed by atoms with Crippen LogP contribution in [0, 0.1) is 0 Å². The summed E-state index contributed by atoms with van der Waals surface area (Å²) in [6.07, 6.45) is 0. The molecule has 0 unspecified atom stereocenters. The number of hydrogen-bond donors (Lipinski definition) is 0. The van der Waals surface area contributed by atoms with Crippen LogP contribution in [0.5, 0.6) is 0 Å². The number of aromatic nitrogens is 4. The summed E-state index contributed by atoms with van der Waals surface area (Å²) < 4.78 is 2.39. The van der Waals surface area contributed by atoms with E-state index in [9.17, 15) is 0 Å². The van der Waals surface area contributed by atoms with E-state index in [2.05, 4.69) is 211 Å². The van der Waals surface area contributed by atoms with Crippen molar-refractivity contribution in [2.24, 2.45) is 0 Å². The Bertz CT molecular complexity index is 3230. The van der Waals surface area contributed by atoms with E-state index in [1.54, 1.807) is 0 Å². The second-order valence-electron chi connectivity index (χ2n) is 14.4. The number of nitrogens with zero attached hydrogens (tertiary/aromatic N) is 4. The van der Waals surface area contributed by atoms with Gasteiger partial charge in [-0.3, -0.25) is 0 Å². The first kappa shape index (κ1) is 32.7. The van der Waals surface area contributed by atoms with Crippen molar-refractivity contribution in [2.75, 3.05) is 0 Å². The summed E-state index contributed by atoms with van der Waals surface area (Å²) in [7, 11) is 0. The van der Waals surface area contributed by atoms with E-state index in [0.29, 0.717) is 17.5 Å². The van der Waals surface area contributed by atoms with Gasteiger partial charge in [-0.15, -0.1) is 0 Å². The van der Waals surface area contributed by atoms with Crippen LogP contribution in [0.1, 0.15) is 0 Å². The SMILES string of the molecule is c1ccc(-c2ccc(-c3nc(-c4ccc(-c5cccc6ccccc56)cc4)nc(-c4cccc5ccccc45)n3)cc2-n2c3ccccc3c3ccccc32)cc1. The maximum Gasteiger partial charge on any atom is 0.164 e. The van der Waals surface area contributed by atoms with Gasteiger partial charge in [0.2, 0.25) is 0 Å². The predicted molar refractivity (Wildman–Crippen MR) is 236 cm³/mol. The van der Waals surface area contributed by atoms with Crippen LogP contribution in [0.15, 0.2) is 206 Å². The molecule has 4 heteroatoms. The van der Waals surface area contributed by atoms with Gasteiger partial charge in [0.15, 0.2) is 17.5 Å². The Morgan fingerprint density at radius 2 is 0.737 bits per heavy atom. The lowest BCUT2D eigenvalue weighted by Gasteiger charge is -2.16. The topological polar surface area (TPSA) is 43.6 Å². The minimum Gasteiger partial charge on any atom is -0.309 e. The largest absolute Gasteiger partial charge is 0.309 e. The van der Waals surface area contributed by atoms with Crippen molar-refractivity contribution in [1.82, 2.24) is 19.5 Å². The zero-order chi connectivity index (χ0) is 37.7. The molecule has 2 heterocycles. The lowest BCUT2D eigenvalue weighted by atomic mass is 9.97. The number of fused-ring (bicyclic) bond motifs is 5. The lowest BCUT2D eigenvalue weighted by Crippen LogP contribution is -2.02. The number of rotatable bonds is 6. The third kappa shape index (κ3) is 5.66. The first-order valence-electron chi connectivity index (χ1n) is 19.3. The van der Waals surface area contributed by atoms with Gasteiger partial charge in [0.1, 0.15) is 0 Å². The van der Waals surface area contributed by atoms with Crippen LogP contribution in [0.2, 0.25) is 0 Å². The van der Waals surface area contributed by atoms with Gasteiger partial charge >= 0.3 is 0 Å². The molecule has 0 aliphatic heterocycles. The highest BCUT2D eigenvalue weighted by Gasteiger charge is 2.19. The van der Waals surface area contributed by atoms with Gasteiger partial charge in [0, 0.05) is 33.0 Å². The Balaban J connectivity index is 1.13. The zero-order valence-electron chi connectivity index (χ0n) is 30.9. The minimum absolute atomic E-state index is 0.614. The number of hydrogen-bond acceptors (Lipinski definition) is 3. The molecule has 0 saturated heterocycles. The number of benzene rings is 9. The Morgan fingerprint density at radius 1 is 0.281 bits per heavy atom. The summed E-state index contributed by atoms with van der Waals surface area (Å²) in [4.78, 5) is 15.7. The van der Waals surface area contributed by atoms with Crippen LogP contribution in [-0.4, -0.2) is 19.5 Å². The highest BCUT2D eigenvalue weighted by molar-refractivity contribution is 6.10. The van der Waals surface area contributed by atoms with Crippen LogP contribution in [0.4, 0.5) is 0 Å². The van der Waals surface area contributed by atoms with Gasteiger partial charge in [-0.1, -0.05) is 188 Å². The Morgan fingerprint density at radius 3 is 1.40 bits per heavy atom. The van der Waals surface area contributed by atoms with E-state index in [4.69, 9.17) is 15.0 Å². The van der Waals surface area contributed by atoms with Crippen LogP contribution in [0.3, 0.4) is 0 Å². The second kappa shape index (κ2) is 13.6. The molecule has 0 aliphatic carbocycles. The van der Waals surface area contributed by atoms with E-state index in [1.807, 2.05) is 0 Å². The van der Waals surface area contributed by atoms with E-state index >= 15 is 0 Å². The monoisotopic (exact) mass is 726 g/mol. The van der Waals surface area contributed by atoms with Gasteiger partial charge in [0.05, 0.1) is 16.7 Å². The van der Waals surface area contributed by atoms with Crippen molar-refractivity contribution in [2.45, 2.75) is 0 Å². The van der Waals surface area contributed by atoms with Crippen molar-refractivity contribution in [3.05, 3.63) is 206 Å². The molecule has 0 aliphatic rings. The average molecular weight is 727 g/mol. The van der Waals surface area contributed by atoms with E-state index in [-0.39, 0.29) is 0 Å². The molecule has 11 rings (SSSR count). The Kier molecular flexibility index (Phi) is 7.78.